The third-order valence-electron chi connectivity index (χ3n) is 4.27. The van der Waals surface area contributed by atoms with Gasteiger partial charge in [0.05, 0.1) is 0 Å². The van der Waals surface area contributed by atoms with Crippen molar-refractivity contribution >= 4 is 18.0 Å². The molecule has 0 radical (unpaired) electrons. The van der Waals surface area contributed by atoms with Crippen LogP contribution in [0.3, 0.4) is 0 Å². The lowest BCUT2D eigenvalue weighted by atomic mass is 10.1. The molecule has 1 unspecified atom stereocenters. The zero-order valence-corrected chi connectivity index (χ0v) is 17.1. The lowest BCUT2D eigenvalue weighted by Gasteiger charge is -2.18. The van der Waals surface area contributed by atoms with Gasteiger partial charge in [0.1, 0.15) is 12.6 Å². The minimum absolute atomic E-state index is 0.0829. The summed E-state index contributed by atoms with van der Waals surface area (Å²) >= 11 is 0. The van der Waals surface area contributed by atoms with E-state index in [4.69, 9.17) is 9.47 Å². The van der Waals surface area contributed by atoms with Gasteiger partial charge < -0.3 is 20.1 Å². The van der Waals surface area contributed by atoms with Crippen LogP contribution in [-0.2, 0) is 32.1 Å². The summed E-state index contributed by atoms with van der Waals surface area (Å²) in [6.07, 6.45) is 1.29. The molecule has 0 heterocycles. The Bertz CT molecular complexity index is 796. The molecule has 0 aromatic heterocycles. The highest BCUT2D eigenvalue weighted by atomic mass is 16.6. The molecule has 2 N–H and O–H groups in total. The standard InChI is InChI=1S/C23H28N2O5/c1-2-3-14-24-21(26)17-29-22(27)20(15-18-10-6-4-7-11-18)25-23(28)30-16-19-12-8-5-9-13-19/h4-13,20H,2-3,14-17H2,1H3,(H,24,26)(H,25,28). The number of carbonyl (C=O) groups is 3. The molecule has 0 bridgehead atoms. The third-order valence-corrected chi connectivity index (χ3v) is 4.27. The molecule has 0 saturated carbocycles. The molecule has 2 aromatic rings. The summed E-state index contributed by atoms with van der Waals surface area (Å²) in [7, 11) is 0. The van der Waals surface area contributed by atoms with Gasteiger partial charge in [0.15, 0.2) is 6.61 Å². The number of rotatable bonds is 11. The van der Waals surface area contributed by atoms with E-state index in [0.717, 1.165) is 24.0 Å². The molecule has 160 valence electrons. The zero-order chi connectivity index (χ0) is 21.6. The van der Waals surface area contributed by atoms with Gasteiger partial charge in [-0.3, -0.25) is 4.79 Å². The molecule has 30 heavy (non-hydrogen) atoms. The van der Waals surface area contributed by atoms with Gasteiger partial charge in [0, 0.05) is 13.0 Å². The van der Waals surface area contributed by atoms with Crippen LogP contribution in [-0.4, -0.2) is 37.2 Å². The van der Waals surface area contributed by atoms with Crippen LogP contribution in [0.4, 0.5) is 4.79 Å². The topological polar surface area (TPSA) is 93.7 Å². The molecular weight excluding hydrogens is 384 g/mol. The Morgan fingerprint density at radius 2 is 1.53 bits per heavy atom. The predicted molar refractivity (Wildman–Crippen MR) is 113 cm³/mol. The fourth-order valence-electron chi connectivity index (χ4n) is 2.64. The molecule has 7 nitrogen and oxygen atoms in total. The number of alkyl carbamates (subject to hydrolysis) is 1. The molecule has 0 aliphatic heterocycles. The van der Waals surface area contributed by atoms with E-state index >= 15 is 0 Å². The first-order chi connectivity index (χ1) is 14.6. The van der Waals surface area contributed by atoms with E-state index in [2.05, 4.69) is 10.6 Å². The Labute approximate surface area is 176 Å². The monoisotopic (exact) mass is 412 g/mol. The van der Waals surface area contributed by atoms with Crippen molar-refractivity contribution in [2.45, 2.75) is 38.8 Å². The first-order valence-electron chi connectivity index (χ1n) is 10.0. The Balaban J connectivity index is 1.91. The van der Waals surface area contributed by atoms with Gasteiger partial charge in [-0.25, -0.2) is 9.59 Å². The molecule has 7 heteroatoms. The normalized spacial score (nSPS) is 11.2. The first-order valence-corrected chi connectivity index (χ1v) is 10.0. The van der Waals surface area contributed by atoms with Crippen LogP contribution >= 0.6 is 0 Å². The van der Waals surface area contributed by atoms with E-state index < -0.39 is 24.7 Å². The summed E-state index contributed by atoms with van der Waals surface area (Å²) in [5, 5.41) is 5.22. The van der Waals surface area contributed by atoms with Gasteiger partial charge >= 0.3 is 12.1 Å². The van der Waals surface area contributed by atoms with Crippen LogP contribution in [0.15, 0.2) is 60.7 Å². The van der Waals surface area contributed by atoms with Gasteiger partial charge in [-0.05, 0) is 17.5 Å². The highest BCUT2D eigenvalue weighted by molar-refractivity contribution is 5.85. The van der Waals surface area contributed by atoms with Crippen LogP contribution in [0, 0.1) is 0 Å². The van der Waals surface area contributed by atoms with Crippen molar-refractivity contribution in [3.05, 3.63) is 71.8 Å². The third kappa shape index (κ3) is 8.77. The SMILES string of the molecule is CCCCNC(=O)COC(=O)C(Cc1ccccc1)NC(=O)OCc1ccccc1. The zero-order valence-electron chi connectivity index (χ0n) is 17.1. The van der Waals surface area contributed by atoms with Gasteiger partial charge in [0.25, 0.3) is 5.91 Å². The molecule has 0 aliphatic rings. The molecule has 0 aliphatic carbocycles. The van der Waals surface area contributed by atoms with Crippen molar-refractivity contribution in [2.75, 3.05) is 13.2 Å². The molecule has 2 amide bonds. The van der Waals surface area contributed by atoms with Crippen LogP contribution in [0.1, 0.15) is 30.9 Å². The summed E-state index contributed by atoms with van der Waals surface area (Å²) in [5.41, 5.74) is 1.67. The lowest BCUT2D eigenvalue weighted by Crippen LogP contribution is -2.44. The number of amides is 2. The van der Waals surface area contributed by atoms with Crippen molar-refractivity contribution in [3.8, 4) is 0 Å². The molecule has 0 fully saturated rings. The van der Waals surface area contributed by atoms with E-state index in [-0.39, 0.29) is 18.9 Å². The van der Waals surface area contributed by atoms with E-state index in [1.165, 1.54) is 0 Å². The van der Waals surface area contributed by atoms with E-state index in [1.807, 2.05) is 67.6 Å². The Hall–Kier alpha value is -3.35. The highest BCUT2D eigenvalue weighted by Crippen LogP contribution is 2.06. The molecule has 2 aromatic carbocycles. The Morgan fingerprint density at radius 3 is 2.17 bits per heavy atom. The average Bonchev–Trinajstić information content (AvgIpc) is 2.77. The van der Waals surface area contributed by atoms with Crippen molar-refractivity contribution in [1.29, 1.82) is 0 Å². The summed E-state index contributed by atoms with van der Waals surface area (Å²) in [4.78, 5) is 36.5. The molecule has 0 saturated heterocycles. The fourth-order valence-corrected chi connectivity index (χ4v) is 2.64. The molecule has 0 spiro atoms. The summed E-state index contributed by atoms with van der Waals surface area (Å²) in [6, 6.07) is 17.5. The van der Waals surface area contributed by atoms with E-state index in [1.54, 1.807) is 0 Å². The first kappa shape index (κ1) is 22.9. The second kappa shape index (κ2) is 13.0. The second-order valence-corrected chi connectivity index (χ2v) is 6.76. The van der Waals surface area contributed by atoms with Gasteiger partial charge in [-0.2, -0.15) is 0 Å². The minimum atomic E-state index is -0.973. The van der Waals surface area contributed by atoms with Gasteiger partial charge in [-0.15, -0.1) is 0 Å². The van der Waals surface area contributed by atoms with E-state index in [9.17, 15) is 14.4 Å². The quantitative estimate of drug-likeness (QED) is 0.437. The largest absolute Gasteiger partial charge is 0.454 e. The number of benzene rings is 2. The Kier molecular flexibility index (Phi) is 9.92. The number of hydrogen-bond acceptors (Lipinski definition) is 5. The Morgan fingerprint density at radius 1 is 0.900 bits per heavy atom. The van der Waals surface area contributed by atoms with Gasteiger partial charge in [-0.1, -0.05) is 74.0 Å². The number of unbranched alkanes of at least 4 members (excludes halogenated alkanes) is 1. The maximum Gasteiger partial charge on any atom is 0.408 e. The lowest BCUT2D eigenvalue weighted by molar-refractivity contribution is -0.150. The van der Waals surface area contributed by atoms with Crippen molar-refractivity contribution in [3.63, 3.8) is 0 Å². The van der Waals surface area contributed by atoms with Crippen molar-refractivity contribution in [1.82, 2.24) is 10.6 Å². The van der Waals surface area contributed by atoms with Crippen molar-refractivity contribution < 1.29 is 23.9 Å². The highest BCUT2D eigenvalue weighted by Gasteiger charge is 2.24. The smallest absolute Gasteiger partial charge is 0.408 e. The number of ether oxygens (including phenoxy) is 2. The predicted octanol–water partition coefficient (Wildman–Crippen LogP) is 2.98. The number of hydrogen-bond donors (Lipinski definition) is 2. The summed E-state index contributed by atoms with van der Waals surface area (Å²) in [5.74, 6) is -1.07. The average molecular weight is 412 g/mol. The number of esters is 1. The fraction of sp³-hybridized carbons (Fsp3) is 0.348. The number of carbonyl (C=O) groups excluding carboxylic acids is 3. The molecule has 2 rings (SSSR count). The summed E-state index contributed by atoms with van der Waals surface area (Å²) in [6.45, 7) is 2.24. The van der Waals surface area contributed by atoms with Crippen LogP contribution in [0.25, 0.3) is 0 Å². The summed E-state index contributed by atoms with van der Waals surface area (Å²) < 4.78 is 10.3. The van der Waals surface area contributed by atoms with E-state index in [0.29, 0.717) is 6.54 Å². The maximum absolute atomic E-state index is 12.5. The maximum atomic E-state index is 12.5. The van der Waals surface area contributed by atoms with Crippen LogP contribution in [0.5, 0.6) is 0 Å². The molecule has 1 atom stereocenters. The second-order valence-electron chi connectivity index (χ2n) is 6.76. The van der Waals surface area contributed by atoms with Crippen LogP contribution < -0.4 is 10.6 Å². The minimum Gasteiger partial charge on any atom is -0.454 e. The number of nitrogens with one attached hydrogen (secondary N) is 2. The van der Waals surface area contributed by atoms with Crippen LogP contribution in [0.2, 0.25) is 0 Å². The molecular formula is C23H28N2O5. The van der Waals surface area contributed by atoms with Crippen molar-refractivity contribution in [2.24, 2.45) is 0 Å². The van der Waals surface area contributed by atoms with Gasteiger partial charge in [0.2, 0.25) is 0 Å².